The van der Waals surface area contributed by atoms with Crippen LogP contribution in [0.4, 0.5) is 0 Å². The SMILES string of the molecule is CCCCNC(=O)[C@H](C)NS(=O)(=O)c1ccc(OC)c(Cl)c1. The van der Waals surface area contributed by atoms with Gasteiger partial charge >= 0.3 is 0 Å². The second-order valence-electron chi connectivity index (χ2n) is 4.78. The minimum Gasteiger partial charge on any atom is -0.495 e. The Balaban J connectivity index is 2.78. The number of halogens is 1. The first kappa shape index (κ1) is 18.7. The largest absolute Gasteiger partial charge is 0.495 e. The first-order chi connectivity index (χ1) is 10.3. The van der Waals surface area contributed by atoms with E-state index >= 15 is 0 Å². The highest BCUT2D eigenvalue weighted by Crippen LogP contribution is 2.26. The maximum Gasteiger partial charge on any atom is 0.241 e. The fourth-order valence-electron chi connectivity index (χ4n) is 1.71. The van der Waals surface area contributed by atoms with Crippen molar-refractivity contribution in [1.82, 2.24) is 10.0 Å². The van der Waals surface area contributed by atoms with Crippen molar-refractivity contribution in [2.45, 2.75) is 37.6 Å². The van der Waals surface area contributed by atoms with Crippen LogP contribution in [-0.4, -0.2) is 34.0 Å². The second kappa shape index (κ2) is 8.36. The minimum absolute atomic E-state index is 0.0218. The van der Waals surface area contributed by atoms with Gasteiger partial charge in [0, 0.05) is 6.54 Å². The van der Waals surface area contributed by atoms with Crippen LogP contribution in [0.25, 0.3) is 0 Å². The predicted molar refractivity (Wildman–Crippen MR) is 85.7 cm³/mol. The summed E-state index contributed by atoms with van der Waals surface area (Å²) in [6, 6.07) is 3.24. The van der Waals surface area contributed by atoms with Crippen molar-refractivity contribution in [3.05, 3.63) is 23.2 Å². The number of amides is 1. The number of carbonyl (C=O) groups excluding carboxylic acids is 1. The predicted octanol–water partition coefficient (Wildman–Crippen LogP) is 1.93. The number of unbranched alkanes of at least 4 members (excludes halogenated alkanes) is 1. The molecule has 0 spiro atoms. The molecule has 2 N–H and O–H groups in total. The average molecular weight is 349 g/mol. The molecule has 1 aromatic carbocycles. The Hall–Kier alpha value is -1.31. The zero-order chi connectivity index (χ0) is 16.8. The molecule has 1 aromatic rings. The number of rotatable bonds is 8. The molecule has 0 aliphatic heterocycles. The molecule has 124 valence electrons. The lowest BCUT2D eigenvalue weighted by molar-refractivity contribution is -0.122. The summed E-state index contributed by atoms with van der Waals surface area (Å²) in [5.74, 6) is 0.0163. The van der Waals surface area contributed by atoms with Gasteiger partial charge in [-0.1, -0.05) is 24.9 Å². The third-order valence-corrected chi connectivity index (χ3v) is 4.82. The molecule has 1 amide bonds. The maximum absolute atomic E-state index is 12.2. The number of ether oxygens (including phenoxy) is 1. The number of carbonyl (C=O) groups is 1. The monoisotopic (exact) mass is 348 g/mol. The van der Waals surface area contributed by atoms with Crippen LogP contribution in [0.3, 0.4) is 0 Å². The Morgan fingerprint density at radius 1 is 1.41 bits per heavy atom. The Morgan fingerprint density at radius 2 is 2.09 bits per heavy atom. The fraction of sp³-hybridized carbons (Fsp3) is 0.500. The average Bonchev–Trinajstić information content (AvgIpc) is 2.46. The highest BCUT2D eigenvalue weighted by molar-refractivity contribution is 7.89. The van der Waals surface area contributed by atoms with Crippen LogP contribution in [0.1, 0.15) is 26.7 Å². The number of methoxy groups -OCH3 is 1. The normalized spacial score (nSPS) is 12.7. The van der Waals surface area contributed by atoms with E-state index in [0.29, 0.717) is 12.3 Å². The van der Waals surface area contributed by atoms with Crippen molar-refractivity contribution in [3.8, 4) is 5.75 Å². The van der Waals surface area contributed by atoms with E-state index in [1.807, 2.05) is 6.92 Å². The van der Waals surface area contributed by atoms with E-state index in [9.17, 15) is 13.2 Å². The summed E-state index contributed by atoms with van der Waals surface area (Å²) < 4.78 is 31.8. The summed E-state index contributed by atoms with van der Waals surface area (Å²) in [4.78, 5) is 11.8. The van der Waals surface area contributed by atoms with Gasteiger partial charge in [-0.15, -0.1) is 0 Å². The van der Waals surface area contributed by atoms with Gasteiger partial charge < -0.3 is 10.1 Å². The number of benzene rings is 1. The number of nitrogens with one attached hydrogen (secondary N) is 2. The summed E-state index contributed by atoms with van der Waals surface area (Å²) in [5, 5.41) is 2.86. The molecule has 0 saturated carbocycles. The van der Waals surface area contributed by atoms with Crippen LogP contribution in [0, 0.1) is 0 Å². The minimum atomic E-state index is -3.83. The molecule has 0 saturated heterocycles. The lowest BCUT2D eigenvalue weighted by Gasteiger charge is -2.15. The van der Waals surface area contributed by atoms with Gasteiger partial charge in [-0.05, 0) is 31.5 Å². The Labute approximate surface area is 136 Å². The number of sulfonamides is 1. The van der Waals surface area contributed by atoms with Gasteiger partial charge in [-0.25, -0.2) is 8.42 Å². The van der Waals surface area contributed by atoms with Crippen molar-refractivity contribution in [2.24, 2.45) is 0 Å². The van der Waals surface area contributed by atoms with Crippen molar-refractivity contribution in [1.29, 1.82) is 0 Å². The van der Waals surface area contributed by atoms with Crippen LogP contribution in [-0.2, 0) is 14.8 Å². The summed E-state index contributed by atoms with van der Waals surface area (Å²) in [5.41, 5.74) is 0. The Morgan fingerprint density at radius 3 is 2.64 bits per heavy atom. The molecule has 0 aliphatic carbocycles. The van der Waals surface area contributed by atoms with Gasteiger partial charge in [0.25, 0.3) is 0 Å². The molecule has 6 nitrogen and oxygen atoms in total. The van der Waals surface area contributed by atoms with E-state index < -0.39 is 16.1 Å². The molecule has 1 rings (SSSR count). The van der Waals surface area contributed by atoms with Crippen LogP contribution in [0.5, 0.6) is 5.75 Å². The van der Waals surface area contributed by atoms with E-state index in [4.69, 9.17) is 16.3 Å². The first-order valence-corrected chi connectivity index (χ1v) is 8.81. The smallest absolute Gasteiger partial charge is 0.241 e. The first-order valence-electron chi connectivity index (χ1n) is 6.95. The van der Waals surface area contributed by atoms with E-state index in [1.54, 1.807) is 0 Å². The Kier molecular flexibility index (Phi) is 7.12. The number of hydrogen-bond acceptors (Lipinski definition) is 4. The van der Waals surface area contributed by atoms with Gasteiger partial charge in [-0.2, -0.15) is 4.72 Å². The molecular formula is C14H21ClN2O4S. The molecule has 22 heavy (non-hydrogen) atoms. The van der Waals surface area contributed by atoms with Crippen LogP contribution in [0.15, 0.2) is 23.1 Å². The van der Waals surface area contributed by atoms with Crippen LogP contribution >= 0.6 is 11.6 Å². The van der Waals surface area contributed by atoms with Crippen molar-refractivity contribution >= 4 is 27.5 Å². The quantitative estimate of drug-likeness (QED) is 0.703. The summed E-state index contributed by atoms with van der Waals surface area (Å²) in [7, 11) is -2.39. The van der Waals surface area contributed by atoms with Gasteiger partial charge in [0.05, 0.1) is 23.1 Å². The molecule has 1 atom stereocenters. The highest BCUT2D eigenvalue weighted by Gasteiger charge is 2.22. The summed E-state index contributed by atoms with van der Waals surface area (Å²) in [6.45, 7) is 4.02. The van der Waals surface area contributed by atoms with Crippen LogP contribution < -0.4 is 14.8 Å². The zero-order valence-electron chi connectivity index (χ0n) is 12.8. The van der Waals surface area contributed by atoms with Crippen molar-refractivity contribution in [2.75, 3.05) is 13.7 Å². The van der Waals surface area contributed by atoms with Crippen LogP contribution in [0.2, 0.25) is 5.02 Å². The lowest BCUT2D eigenvalue weighted by atomic mass is 10.3. The third-order valence-electron chi connectivity index (χ3n) is 2.99. The number of hydrogen-bond donors (Lipinski definition) is 2. The van der Waals surface area contributed by atoms with E-state index in [-0.39, 0.29) is 15.8 Å². The van der Waals surface area contributed by atoms with Crippen molar-refractivity contribution in [3.63, 3.8) is 0 Å². The molecular weight excluding hydrogens is 328 g/mol. The molecule has 0 bridgehead atoms. The highest BCUT2D eigenvalue weighted by atomic mass is 35.5. The zero-order valence-corrected chi connectivity index (χ0v) is 14.4. The molecule has 0 fully saturated rings. The molecule has 0 radical (unpaired) electrons. The second-order valence-corrected chi connectivity index (χ2v) is 6.91. The summed E-state index contributed by atoms with van der Waals surface area (Å²) in [6.07, 6.45) is 1.80. The molecule has 0 aliphatic rings. The Bertz CT molecular complexity index is 619. The lowest BCUT2D eigenvalue weighted by Crippen LogP contribution is -2.44. The van der Waals surface area contributed by atoms with Gasteiger partial charge in [0.15, 0.2) is 0 Å². The maximum atomic E-state index is 12.2. The topological polar surface area (TPSA) is 84.5 Å². The fourth-order valence-corrected chi connectivity index (χ4v) is 3.26. The molecule has 0 heterocycles. The van der Waals surface area contributed by atoms with E-state index in [0.717, 1.165) is 12.8 Å². The summed E-state index contributed by atoms with van der Waals surface area (Å²) >= 11 is 5.92. The molecule has 8 heteroatoms. The van der Waals surface area contributed by atoms with Gasteiger partial charge in [0.1, 0.15) is 5.75 Å². The molecule has 0 aromatic heterocycles. The third kappa shape index (κ3) is 5.15. The van der Waals surface area contributed by atoms with E-state index in [2.05, 4.69) is 10.0 Å². The van der Waals surface area contributed by atoms with Crippen molar-refractivity contribution < 1.29 is 17.9 Å². The standard InChI is InChI=1S/C14H21ClN2O4S/c1-4-5-8-16-14(18)10(2)17-22(19,20)11-6-7-13(21-3)12(15)9-11/h6-7,9-10,17H,4-5,8H2,1-3H3,(H,16,18)/t10-/m0/s1. The van der Waals surface area contributed by atoms with Gasteiger partial charge in [-0.3, -0.25) is 4.79 Å². The van der Waals surface area contributed by atoms with E-state index in [1.165, 1.54) is 32.2 Å². The van der Waals surface area contributed by atoms with Gasteiger partial charge in [0.2, 0.25) is 15.9 Å². The molecule has 0 unspecified atom stereocenters.